The van der Waals surface area contributed by atoms with Gasteiger partial charge in [-0.1, -0.05) is 79.7 Å². The molecule has 0 fully saturated rings. The second-order valence-corrected chi connectivity index (χ2v) is 9.17. The van der Waals surface area contributed by atoms with E-state index in [-0.39, 0.29) is 0 Å². The van der Waals surface area contributed by atoms with Gasteiger partial charge in [0, 0.05) is 21.4 Å². The quantitative estimate of drug-likeness (QED) is 0.364. The average molecular weight is 405 g/mol. The third kappa shape index (κ3) is 3.93. The van der Waals surface area contributed by atoms with Crippen LogP contribution in [-0.2, 0) is 29.3 Å². The Hall–Kier alpha value is -1.39. The van der Waals surface area contributed by atoms with Crippen molar-refractivity contribution in [1.29, 1.82) is 0 Å². The Morgan fingerprint density at radius 2 is 1.48 bits per heavy atom. The van der Waals surface area contributed by atoms with Crippen molar-refractivity contribution in [2.45, 2.75) is 44.5 Å². The van der Waals surface area contributed by atoms with E-state index in [1.54, 1.807) is 0 Å². The standard InChI is InChI=1S/C21H26O4PS/c1-3-5-15-24-26(22)25-21(27(23)16-6-4-2)19-13-9-7-11-17(19)18-12-8-10-14-20(18)21/h7-14H,3-6,15-16H2,1-2H3/q+1. The second kappa shape index (κ2) is 9.20. The molecule has 4 nitrogen and oxygen atoms in total. The maximum absolute atomic E-state index is 13.5. The SMILES string of the molecule is CCCCO[P+](=O)OC1(S(=O)CCCC)c2ccccc2-c2ccccc21. The minimum Gasteiger partial charge on any atom is -0.256 e. The van der Waals surface area contributed by atoms with Gasteiger partial charge < -0.3 is 0 Å². The first kappa shape index (κ1) is 20.3. The van der Waals surface area contributed by atoms with Crippen LogP contribution < -0.4 is 0 Å². The molecule has 2 atom stereocenters. The van der Waals surface area contributed by atoms with E-state index in [2.05, 4.69) is 6.92 Å². The summed E-state index contributed by atoms with van der Waals surface area (Å²) in [6.07, 6.45) is 3.51. The highest BCUT2D eigenvalue weighted by molar-refractivity contribution is 7.86. The predicted molar refractivity (Wildman–Crippen MR) is 110 cm³/mol. The van der Waals surface area contributed by atoms with Crippen LogP contribution in [0, 0.1) is 0 Å². The van der Waals surface area contributed by atoms with Gasteiger partial charge in [-0.15, -0.1) is 4.52 Å². The minimum absolute atomic E-state index is 0.368. The van der Waals surface area contributed by atoms with Gasteiger partial charge in [0.2, 0.25) is 0 Å². The van der Waals surface area contributed by atoms with Crippen molar-refractivity contribution in [3.63, 3.8) is 0 Å². The van der Waals surface area contributed by atoms with Gasteiger partial charge in [0.05, 0.1) is 10.8 Å². The summed E-state index contributed by atoms with van der Waals surface area (Å²) < 4.78 is 37.6. The van der Waals surface area contributed by atoms with Crippen LogP contribution in [0.2, 0.25) is 0 Å². The predicted octanol–water partition coefficient (Wildman–Crippen LogP) is 5.91. The molecule has 0 N–H and O–H groups in total. The molecule has 2 aromatic carbocycles. The molecule has 1 aliphatic rings. The van der Waals surface area contributed by atoms with Gasteiger partial charge in [-0.25, -0.2) is 0 Å². The van der Waals surface area contributed by atoms with Crippen molar-refractivity contribution in [3.8, 4) is 11.1 Å². The van der Waals surface area contributed by atoms with Gasteiger partial charge in [-0.2, -0.15) is 0 Å². The van der Waals surface area contributed by atoms with E-state index in [4.69, 9.17) is 9.05 Å². The zero-order valence-electron chi connectivity index (χ0n) is 15.8. The van der Waals surface area contributed by atoms with Gasteiger partial charge in [0.25, 0.3) is 4.93 Å². The third-order valence-corrected chi connectivity index (χ3v) is 7.52. The molecule has 2 aromatic rings. The number of hydrogen-bond donors (Lipinski definition) is 0. The van der Waals surface area contributed by atoms with Crippen LogP contribution in [0.3, 0.4) is 0 Å². The molecule has 144 valence electrons. The van der Waals surface area contributed by atoms with E-state index in [0.29, 0.717) is 12.4 Å². The van der Waals surface area contributed by atoms with Crippen LogP contribution >= 0.6 is 8.25 Å². The number of rotatable bonds is 10. The fourth-order valence-corrected chi connectivity index (χ4v) is 6.31. The van der Waals surface area contributed by atoms with E-state index < -0.39 is 24.0 Å². The molecule has 0 bridgehead atoms. The van der Waals surface area contributed by atoms with Crippen LogP contribution in [0.4, 0.5) is 0 Å². The van der Waals surface area contributed by atoms with Crippen molar-refractivity contribution in [3.05, 3.63) is 59.7 Å². The molecule has 27 heavy (non-hydrogen) atoms. The molecule has 0 aliphatic heterocycles. The molecule has 0 heterocycles. The van der Waals surface area contributed by atoms with Gasteiger partial charge in [0.15, 0.2) is 0 Å². The summed E-state index contributed by atoms with van der Waals surface area (Å²) in [5, 5.41) is 0. The maximum Gasteiger partial charge on any atom is 0.699 e. The molecule has 1 aliphatic carbocycles. The van der Waals surface area contributed by atoms with Crippen LogP contribution in [0.1, 0.15) is 50.7 Å². The van der Waals surface area contributed by atoms with Crippen LogP contribution in [-0.4, -0.2) is 16.6 Å². The van der Waals surface area contributed by atoms with Crippen molar-refractivity contribution < 1.29 is 17.8 Å². The number of hydrogen-bond acceptors (Lipinski definition) is 4. The Bertz CT molecular complexity index is 791. The number of benzene rings is 2. The van der Waals surface area contributed by atoms with Crippen molar-refractivity contribution in [1.82, 2.24) is 0 Å². The topological polar surface area (TPSA) is 52.6 Å². The van der Waals surface area contributed by atoms with Crippen molar-refractivity contribution in [2.24, 2.45) is 0 Å². The van der Waals surface area contributed by atoms with Crippen LogP contribution in [0.15, 0.2) is 48.5 Å². The Morgan fingerprint density at radius 1 is 0.926 bits per heavy atom. The summed E-state index contributed by atoms with van der Waals surface area (Å²) >= 11 is 0. The summed E-state index contributed by atoms with van der Waals surface area (Å²) in [4.78, 5) is -1.25. The lowest BCUT2D eigenvalue weighted by molar-refractivity contribution is 0.163. The smallest absolute Gasteiger partial charge is 0.256 e. The summed E-state index contributed by atoms with van der Waals surface area (Å²) in [5.41, 5.74) is 3.58. The van der Waals surface area contributed by atoms with Gasteiger partial charge in [0.1, 0.15) is 6.61 Å². The Balaban J connectivity index is 2.07. The highest BCUT2D eigenvalue weighted by Gasteiger charge is 2.55. The van der Waals surface area contributed by atoms with E-state index in [1.807, 2.05) is 55.5 Å². The maximum atomic E-state index is 13.5. The number of fused-ring (bicyclic) bond motifs is 3. The molecule has 0 amide bonds. The first-order valence-corrected chi connectivity index (χ1v) is 11.9. The first-order valence-electron chi connectivity index (χ1n) is 9.52. The van der Waals surface area contributed by atoms with Crippen molar-refractivity contribution >= 4 is 19.1 Å². The lowest BCUT2D eigenvalue weighted by atomic mass is 10.1. The fourth-order valence-electron chi connectivity index (χ4n) is 3.37. The molecule has 0 saturated heterocycles. The zero-order valence-corrected chi connectivity index (χ0v) is 17.6. The average Bonchev–Trinajstić information content (AvgIpc) is 2.98. The molecule has 0 radical (unpaired) electrons. The normalized spacial score (nSPS) is 15.9. The Kier molecular flexibility index (Phi) is 6.93. The molecule has 0 saturated carbocycles. The van der Waals surface area contributed by atoms with E-state index in [9.17, 15) is 8.77 Å². The van der Waals surface area contributed by atoms with E-state index >= 15 is 0 Å². The van der Waals surface area contributed by atoms with E-state index in [1.165, 1.54) is 0 Å². The largest absolute Gasteiger partial charge is 0.699 e. The zero-order chi connectivity index (χ0) is 19.3. The van der Waals surface area contributed by atoms with Crippen LogP contribution in [0.5, 0.6) is 0 Å². The Morgan fingerprint density at radius 3 is 2.04 bits per heavy atom. The molecule has 0 spiro atoms. The minimum atomic E-state index is -2.39. The molecular formula is C21H26O4PS+. The molecule has 0 aromatic heterocycles. The Labute approximate surface area is 164 Å². The first-order chi connectivity index (χ1) is 13.1. The van der Waals surface area contributed by atoms with Crippen LogP contribution in [0.25, 0.3) is 11.1 Å². The molecule has 3 rings (SSSR count). The summed E-state index contributed by atoms with van der Waals surface area (Å²) in [5.74, 6) is 0.483. The van der Waals surface area contributed by atoms with Crippen molar-refractivity contribution in [2.75, 3.05) is 12.4 Å². The van der Waals surface area contributed by atoms with Gasteiger partial charge in [-0.3, -0.25) is 4.21 Å². The second-order valence-electron chi connectivity index (χ2n) is 6.61. The monoisotopic (exact) mass is 405 g/mol. The highest BCUT2D eigenvalue weighted by Crippen LogP contribution is 2.55. The third-order valence-electron chi connectivity index (χ3n) is 4.76. The highest BCUT2D eigenvalue weighted by atomic mass is 32.2. The summed E-state index contributed by atoms with van der Waals surface area (Å²) in [6.45, 7) is 4.48. The molecular weight excluding hydrogens is 379 g/mol. The molecule has 6 heteroatoms. The lowest BCUT2D eigenvalue weighted by Crippen LogP contribution is -2.34. The van der Waals surface area contributed by atoms with Gasteiger partial charge in [-0.05, 0) is 24.0 Å². The summed E-state index contributed by atoms with van der Waals surface area (Å²) in [7, 11) is -3.78. The summed E-state index contributed by atoms with van der Waals surface area (Å²) in [6, 6.07) is 15.6. The van der Waals surface area contributed by atoms with E-state index in [0.717, 1.165) is 47.9 Å². The fraction of sp³-hybridized carbons (Fsp3) is 0.429. The molecule has 2 unspecified atom stereocenters. The van der Waals surface area contributed by atoms with Gasteiger partial charge >= 0.3 is 8.25 Å². The number of unbranched alkanes of at least 4 members (excludes halogenated alkanes) is 2. The lowest BCUT2D eigenvalue weighted by Gasteiger charge is -2.24.